The zero-order chi connectivity index (χ0) is 29.0. The van der Waals surface area contributed by atoms with Crippen LogP contribution >= 0.6 is 11.6 Å². The third kappa shape index (κ3) is 6.74. The fourth-order valence-corrected chi connectivity index (χ4v) is 5.89. The van der Waals surface area contributed by atoms with E-state index in [4.69, 9.17) is 11.6 Å². The highest BCUT2D eigenvalue weighted by Crippen LogP contribution is 2.27. The first-order valence-electron chi connectivity index (χ1n) is 12.9. The number of nitrogens with zero attached hydrogens (tertiary/aromatic N) is 3. The van der Waals surface area contributed by atoms with Crippen LogP contribution in [0.2, 0.25) is 5.02 Å². The summed E-state index contributed by atoms with van der Waals surface area (Å²) in [5.74, 6) is -0.779. The topological polar surface area (TPSA) is 113 Å². The normalized spacial score (nSPS) is 14.0. The van der Waals surface area contributed by atoms with Gasteiger partial charge in [-0.25, -0.2) is 13.1 Å². The molecule has 5 rings (SSSR count). The summed E-state index contributed by atoms with van der Waals surface area (Å²) in [4.78, 5) is 27.2. The summed E-state index contributed by atoms with van der Waals surface area (Å²) in [6, 6.07) is 27.4. The molecule has 1 aliphatic heterocycles. The molecule has 4 aromatic rings. The van der Waals surface area contributed by atoms with Crippen LogP contribution in [0.1, 0.15) is 15.9 Å². The fourth-order valence-electron chi connectivity index (χ4n) is 4.78. The molecule has 0 saturated carbocycles. The van der Waals surface area contributed by atoms with Gasteiger partial charge in [-0.1, -0.05) is 48.0 Å². The molecule has 1 fully saturated rings. The zero-order valence-electron chi connectivity index (χ0n) is 21.9. The number of sulfonamides is 1. The molecular formula is C30H27ClN4O5S. The van der Waals surface area contributed by atoms with Crippen molar-refractivity contribution in [3.8, 4) is 11.1 Å². The Morgan fingerprint density at radius 1 is 0.854 bits per heavy atom. The van der Waals surface area contributed by atoms with E-state index >= 15 is 0 Å². The zero-order valence-corrected chi connectivity index (χ0v) is 23.5. The van der Waals surface area contributed by atoms with Crippen LogP contribution in [0.25, 0.3) is 11.1 Å². The lowest BCUT2D eigenvalue weighted by Gasteiger charge is -2.36. The van der Waals surface area contributed by atoms with Gasteiger partial charge in [0.1, 0.15) is 0 Å². The average molecular weight is 591 g/mol. The van der Waals surface area contributed by atoms with Gasteiger partial charge in [0, 0.05) is 61.1 Å². The summed E-state index contributed by atoms with van der Waals surface area (Å²) in [5.41, 5.74) is 4.47. The molecule has 0 radical (unpaired) electrons. The van der Waals surface area contributed by atoms with Crippen LogP contribution in [0.15, 0.2) is 102 Å². The molecule has 1 N–H and O–H groups in total. The van der Waals surface area contributed by atoms with Gasteiger partial charge in [0.05, 0.1) is 9.82 Å². The molecule has 1 aliphatic rings. The van der Waals surface area contributed by atoms with Crippen molar-refractivity contribution in [1.82, 2.24) is 9.62 Å². The maximum atomic E-state index is 12.6. The minimum Gasteiger partial charge on any atom is -0.369 e. The average Bonchev–Trinajstić information content (AvgIpc) is 2.98. The quantitative estimate of drug-likeness (QED) is 0.217. The first kappa shape index (κ1) is 28.3. The van der Waals surface area contributed by atoms with Crippen molar-refractivity contribution in [2.24, 2.45) is 0 Å². The number of hydrogen-bond donors (Lipinski definition) is 1. The summed E-state index contributed by atoms with van der Waals surface area (Å²) in [6.45, 7) is 4.18. The van der Waals surface area contributed by atoms with Crippen molar-refractivity contribution < 1.29 is 18.1 Å². The monoisotopic (exact) mass is 590 g/mol. The third-order valence-electron chi connectivity index (χ3n) is 7.02. The van der Waals surface area contributed by atoms with E-state index in [9.17, 15) is 23.3 Å². The molecule has 0 unspecified atom stereocenters. The number of amides is 1. The first-order valence-corrected chi connectivity index (χ1v) is 14.8. The third-order valence-corrected chi connectivity index (χ3v) is 8.62. The smallest absolute Gasteiger partial charge is 0.269 e. The molecule has 41 heavy (non-hydrogen) atoms. The highest BCUT2D eigenvalue weighted by molar-refractivity contribution is 7.90. The van der Waals surface area contributed by atoms with Crippen LogP contribution in [0.5, 0.6) is 0 Å². The molecule has 0 atom stereocenters. The molecule has 4 aromatic carbocycles. The van der Waals surface area contributed by atoms with Gasteiger partial charge in [-0.15, -0.1) is 0 Å². The van der Waals surface area contributed by atoms with Gasteiger partial charge in [-0.2, -0.15) is 0 Å². The minimum absolute atomic E-state index is 0.191. The van der Waals surface area contributed by atoms with Crippen molar-refractivity contribution in [2.45, 2.75) is 11.4 Å². The maximum absolute atomic E-state index is 12.6. The highest BCUT2D eigenvalue weighted by Gasteiger charge is 2.22. The van der Waals surface area contributed by atoms with Crippen molar-refractivity contribution in [3.05, 3.63) is 123 Å². The standard InChI is InChI=1S/C30H27ClN4O5S/c31-25-9-5-22(6-10-25)29-4-2-1-3-24(29)21-33-17-19-34(20-18-33)26-11-7-23(8-12-26)30(36)32-41(39,40)28-15-13-27(14-16-28)35(37)38/h1-16H,17-21H2,(H,32,36). The number of nitro benzene ring substituents is 1. The highest BCUT2D eigenvalue weighted by atomic mass is 35.5. The van der Waals surface area contributed by atoms with Crippen LogP contribution < -0.4 is 9.62 Å². The van der Waals surface area contributed by atoms with E-state index in [1.807, 2.05) is 35.1 Å². The predicted molar refractivity (Wildman–Crippen MR) is 159 cm³/mol. The Hall–Kier alpha value is -4.25. The van der Waals surface area contributed by atoms with E-state index < -0.39 is 20.9 Å². The van der Waals surface area contributed by atoms with Crippen LogP contribution in [0, 0.1) is 10.1 Å². The Morgan fingerprint density at radius 3 is 2.12 bits per heavy atom. The van der Waals surface area contributed by atoms with Crippen molar-refractivity contribution in [1.29, 1.82) is 0 Å². The number of piperazine rings is 1. The van der Waals surface area contributed by atoms with Crippen LogP contribution in [0.4, 0.5) is 11.4 Å². The molecule has 0 spiro atoms. The number of non-ortho nitro benzene ring substituents is 1. The number of anilines is 1. The molecule has 11 heteroatoms. The molecule has 0 aromatic heterocycles. The molecule has 1 heterocycles. The number of rotatable bonds is 8. The lowest BCUT2D eigenvalue weighted by atomic mass is 9.99. The largest absolute Gasteiger partial charge is 0.369 e. The summed E-state index contributed by atoms with van der Waals surface area (Å²) in [5, 5.41) is 11.5. The van der Waals surface area contributed by atoms with Gasteiger partial charge in [0.15, 0.2) is 0 Å². The second-order valence-electron chi connectivity index (χ2n) is 9.66. The Bertz CT molecular complexity index is 1650. The number of carbonyl (C=O) groups is 1. The lowest BCUT2D eigenvalue weighted by Crippen LogP contribution is -2.46. The molecule has 0 bridgehead atoms. The molecule has 210 valence electrons. The number of nitrogens with one attached hydrogen (secondary N) is 1. The van der Waals surface area contributed by atoms with Crippen LogP contribution in [-0.4, -0.2) is 50.3 Å². The molecule has 1 amide bonds. The van der Waals surface area contributed by atoms with E-state index in [1.165, 1.54) is 11.1 Å². The lowest BCUT2D eigenvalue weighted by molar-refractivity contribution is -0.384. The number of halogens is 1. The Balaban J connectivity index is 1.18. The molecule has 1 saturated heterocycles. The van der Waals surface area contributed by atoms with Gasteiger partial charge in [0.25, 0.3) is 21.6 Å². The second kappa shape index (κ2) is 12.1. The van der Waals surface area contributed by atoms with Gasteiger partial charge < -0.3 is 4.90 Å². The molecule has 0 aliphatic carbocycles. The molecule has 9 nitrogen and oxygen atoms in total. The minimum atomic E-state index is -4.18. The van der Waals surface area contributed by atoms with Gasteiger partial charge in [0.2, 0.25) is 0 Å². The summed E-state index contributed by atoms with van der Waals surface area (Å²) >= 11 is 6.07. The van der Waals surface area contributed by atoms with E-state index in [0.29, 0.717) is 5.02 Å². The maximum Gasteiger partial charge on any atom is 0.269 e. The first-order chi connectivity index (χ1) is 19.7. The Labute approximate surface area is 243 Å². The Kier molecular flexibility index (Phi) is 8.34. The predicted octanol–water partition coefficient (Wildman–Crippen LogP) is 5.36. The van der Waals surface area contributed by atoms with Crippen molar-refractivity contribution >= 4 is 38.9 Å². The second-order valence-corrected chi connectivity index (χ2v) is 11.8. The summed E-state index contributed by atoms with van der Waals surface area (Å²) in [6.07, 6.45) is 0. The number of carbonyl (C=O) groups excluding carboxylic acids is 1. The van der Waals surface area contributed by atoms with E-state index in [0.717, 1.165) is 68.2 Å². The van der Waals surface area contributed by atoms with Crippen LogP contribution in [-0.2, 0) is 16.6 Å². The van der Waals surface area contributed by atoms with Crippen molar-refractivity contribution in [2.75, 3.05) is 31.1 Å². The number of hydrogen-bond acceptors (Lipinski definition) is 7. The summed E-state index contributed by atoms with van der Waals surface area (Å²) < 4.78 is 27.2. The fraction of sp³-hybridized carbons (Fsp3) is 0.167. The Morgan fingerprint density at radius 2 is 1.49 bits per heavy atom. The number of benzene rings is 4. The van der Waals surface area contributed by atoms with Crippen LogP contribution in [0.3, 0.4) is 0 Å². The van der Waals surface area contributed by atoms with Crippen molar-refractivity contribution in [3.63, 3.8) is 0 Å². The molecular weight excluding hydrogens is 564 g/mol. The van der Waals surface area contributed by atoms with E-state index in [1.54, 1.807) is 24.3 Å². The van der Waals surface area contributed by atoms with Gasteiger partial charge >= 0.3 is 0 Å². The van der Waals surface area contributed by atoms with E-state index in [2.05, 4.69) is 28.0 Å². The van der Waals surface area contributed by atoms with Gasteiger partial charge in [-0.05, 0) is 65.2 Å². The SMILES string of the molecule is O=C(NS(=O)(=O)c1ccc([N+](=O)[O-])cc1)c1ccc(N2CCN(Cc3ccccc3-c3ccc(Cl)cc3)CC2)cc1. The van der Waals surface area contributed by atoms with Gasteiger partial charge in [-0.3, -0.25) is 19.8 Å². The van der Waals surface area contributed by atoms with E-state index in [-0.39, 0.29) is 16.1 Å². The summed E-state index contributed by atoms with van der Waals surface area (Å²) in [7, 11) is -4.18. The number of nitro groups is 1.